The molecule has 3 aromatic rings. The lowest BCUT2D eigenvalue weighted by Crippen LogP contribution is -2.32. The number of hydrogen-bond donors (Lipinski definition) is 1. The molecule has 0 saturated carbocycles. The van der Waals surface area contributed by atoms with Crippen molar-refractivity contribution < 1.29 is 23.8 Å². The van der Waals surface area contributed by atoms with Crippen molar-refractivity contribution in [3.8, 4) is 17.2 Å². The zero-order valence-electron chi connectivity index (χ0n) is 19.2. The van der Waals surface area contributed by atoms with Gasteiger partial charge in [-0.15, -0.1) is 0 Å². The highest BCUT2D eigenvalue weighted by atomic mass is 16.5. The molecule has 174 valence electrons. The van der Waals surface area contributed by atoms with Gasteiger partial charge in [0.15, 0.2) is 0 Å². The van der Waals surface area contributed by atoms with Crippen LogP contribution in [0.2, 0.25) is 0 Å². The molecule has 2 amide bonds. The molecular weight excluding hydrogens is 434 g/mol. The zero-order chi connectivity index (χ0) is 24.1. The summed E-state index contributed by atoms with van der Waals surface area (Å²) in [5.74, 6) is 0.954. The number of nitrogens with zero attached hydrogens (tertiary/aromatic N) is 2. The number of anilines is 1. The number of nitrogens with one attached hydrogen (secondary N) is 1. The SMILES string of the molecule is CCOc1ccc(C2=C(Nc3ccc(OC)cc3OC)C(=O)N(Cc3ccncc3)C2=O)cc1. The number of carbonyl (C=O) groups is 2. The third kappa shape index (κ3) is 4.56. The second kappa shape index (κ2) is 10.1. The molecule has 1 aliphatic rings. The standard InChI is InChI=1S/C26H25N3O5/c1-4-34-19-7-5-18(6-8-19)23-24(28-21-10-9-20(32-2)15-22(21)33-3)26(31)29(25(23)30)16-17-11-13-27-14-12-17/h5-15,28H,4,16H2,1-3H3. The number of rotatable bonds is 9. The summed E-state index contributed by atoms with van der Waals surface area (Å²) in [5.41, 5.74) is 2.39. The van der Waals surface area contributed by atoms with E-state index in [0.29, 0.717) is 35.1 Å². The zero-order valence-corrected chi connectivity index (χ0v) is 19.2. The van der Waals surface area contributed by atoms with Crippen molar-refractivity contribution in [2.75, 3.05) is 26.1 Å². The maximum absolute atomic E-state index is 13.5. The Hall–Kier alpha value is -4.33. The topological polar surface area (TPSA) is 90.0 Å². The molecule has 0 spiro atoms. The highest BCUT2D eigenvalue weighted by molar-refractivity contribution is 6.36. The number of carbonyl (C=O) groups excluding carboxylic acids is 2. The van der Waals surface area contributed by atoms with Gasteiger partial charge in [0.25, 0.3) is 11.8 Å². The summed E-state index contributed by atoms with van der Waals surface area (Å²) in [6, 6.07) is 15.8. The molecule has 0 bridgehead atoms. The number of methoxy groups -OCH3 is 2. The van der Waals surface area contributed by atoms with Gasteiger partial charge in [0, 0.05) is 18.5 Å². The van der Waals surface area contributed by atoms with E-state index < -0.39 is 5.91 Å². The molecule has 0 aliphatic carbocycles. The van der Waals surface area contributed by atoms with E-state index >= 15 is 0 Å². The van der Waals surface area contributed by atoms with Gasteiger partial charge >= 0.3 is 0 Å². The van der Waals surface area contributed by atoms with Crippen LogP contribution in [0.1, 0.15) is 18.1 Å². The van der Waals surface area contributed by atoms with Crippen molar-refractivity contribution in [3.63, 3.8) is 0 Å². The number of hydrogen-bond acceptors (Lipinski definition) is 7. The molecule has 0 radical (unpaired) electrons. The molecular formula is C26H25N3O5. The fourth-order valence-electron chi connectivity index (χ4n) is 3.70. The molecule has 8 nitrogen and oxygen atoms in total. The first kappa shape index (κ1) is 22.8. The first-order chi connectivity index (χ1) is 16.5. The third-order valence-corrected chi connectivity index (χ3v) is 5.38. The predicted octanol–water partition coefficient (Wildman–Crippen LogP) is 3.89. The molecule has 2 aromatic carbocycles. The predicted molar refractivity (Wildman–Crippen MR) is 127 cm³/mol. The first-order valence-electron chi connectivity index (χ1n) is 10.8. The Morgan fingerprint density at radius 3 is 2.24 bits per heavy atom. The summed E-state index contributed by atoms with van der Waals surface area (Å²) < 4.78 is 16.2. The lowest BCUT2D eigenvalue weighted by molar-refractivity contribution is -0.137. The maximum atomic E-state index is 13.5. The van der Waals surface area contributed by atoms with Crippen LogP contribution in [-0.2, 0) is 16.1 Å². The minimum absolute atomic E-state index is 0.131. The van der Waals surface area contributed by atoms with Crippen molar-refractivity contribution in [3.05, 3.63) is 83.8 Å². The van der Waals surface area contributed by atoms with Crippen LogP contribution in [0.3, 0.4) is 0 Å². The van der Waals surface area contributed by atoms with Crippen LogP contribution in [-0.4, -0.2) is 42.5 Å². The van der Waals surface area contributed by atoms with Gasteiger partial charge in [-0.3, -0.25) is 19.5 Å². The number of imide groups is 1. The van der Waals surface area contributed by atoms with Gasteiger partial charge in [-0.25, -0.2) is 0 Å². The summed E-state index contributed by atoms with van der Waals surface area (Å²) in [6.45, 7) is 2.56. The van der Waals surface area contributed by atoms with E-state index in [1.807, 2.05) is 6.92 Å². The Bertz CT molecular complexity index is 1220. The van der Waals surface area contributed by atoms with Crippen LogP contribution in [0.15, 0.2) is 72.7 Å². The normalized spacial score (nSPS) is 13.3. The second-order valence-electron chi connectivity index (χ2n) is 7.45. The smallest absolute Gasteiger partial charge is 0.278 e. The van der Waals surface area contributed by atoms with E-state index in [0.717, 1.165) is 5.56 Å². The summed E-state index contributed by atoms with van der Waals surface area (Å²) >= 11 is 0. The Balaban J connectivity index is 1.75. The summed E-state index contributed by atoms with van der Waals surface area (Å²) in [7, 11) is 3.09. The molecule has 2 heterocycles. The van der Waals surface area contributed by atoms with Gasteiger partial charge < -0.3 is 19.5 Å². The highest BCUT2D eigenvalue weighted by Crippen LogP contribution is 2.36. The second-order valence-corrected chi connectivity index (χ2v) is 7.45. The first-order valence-corrected chi connectivity index (χ1v) is 10.8. The van der Waals surface area contributed by atoms with Crippen LogP contribution < -0.4 is 19.5 Å². The molecule has 1 aliphatic heterocycles. The molecule has 0 atom stereocenters. The van der Waals surface area contributed by atoms with E-state index in [2.05, 4.69) is 10.3 Å². The number of aromatic nitrogens is 1. The molecule has 0 unspecified atom stereocenters. The number of pyridine rings is 1. The summed E-state index contributed by atoms with van der Waals surface area (Å²) in [4.78, 5) is 32.2. The van der Waals surface area contributed by atoms with Gasteiger partial charge in [0.05, 0.1) is 38.6 Å². The van der Waals surface area contributed by atoms with Gasteiger partial charge in [0.2, 0.25) is 0 Å². The maximum Gasteiger partial charge on any atom is 0.278 e. The van der Waals surface area contributed by atoms with E-state index in [9.17, 15) is 9.59 Å². The van der Waals surface area contributed by atoms with Crippen LogP contribution in [0.4, 0.5) is 5.69 Å². The summed E-state index contributed by atoms with van der Waals surface area (Å²) in [6.07, 6.45) is 3.26. The van der Waals surface area contributed by atoms with E-state index in [1.165, 1.54) is 12.0 Å². The van der Waals surface area contributed by atoms with Gasteiger partial charge in [-0.05, 0) is 54.4 Å². The fraction of sp³-hybridized carbons (Fsp3) is 0.192. The van der Waals surface area contributed by atoms with Crippen molar-refractivity contribution in [1.82, 2.24) is 9.88 Å². The van der Waals surface area contributed by atoms with Crippen LogP contribution in [0.25, 0.3) is 5.57 Å². The van der Waals surface area contributed by atoms with E-state index in [-0.39, 0.29) is 23.7 Å². The summed E-state index contributed by atoms with van der Waals surface area (Å²) in [5, 5.41) is 3.14. The number of ether oxygens (including phenoxy) is 3. The van der Waals surface area contributed by atoms with Gasteiger partial charge in [0.1, 0.15) is 22.9 Å². The Morgan fingerprint density at radius 1 is 0.882 bits per heavy atom. The average molecular weight is 460 g/mol. The Kier molecular flexibility index (Phi) is 6.77. The Labute approximate surface area is 197 Å². The van der Waals surface area contributed by atoms with Gasteiger partial charge in [-0.1, -0.05) is 12.1 Å². The Morgan fingerprint density at radius 2 is 1.59 bits per heavy atom. The monoisotopic (exact) mass is 459 g/mol. The lowest BCUT2D eigenvalue weighted by Gasteiger charge is -2.16. The van der Waals surface area contributed by atoms with Crippen molar-refractivity contribution in [1.29, 1.82) is 0 Å². The van der Waals surface area contributed by atoms with Crippen LogP contribution in [0, 0.1) is 0 Å². The largest absolute Gasteiger partial charge is 0.497 e. The number of amides is 2. The molecule has 34 heavy (non-hydrogen) atoms. The number of benzene rings is 2. The highest BCUT2D eigenvalue weighted by Gasteiger charge is 2.39. The quantitative estimate of drug-likeness (QED) is 0.486. The molecule has 0 saturated heterocycles. The van der Waals surface area contributed by atoms with E-state index in [1.54, 1.807) is 74.1 Å². The molecule has 1 aromatic heterocycles. The lowest BCUT2D eigenvalue weighted by atomic mass is 10.0. The van der Waals surface area contributed by atoms with E-state index in [4.69, 9.17) is 14.2 Å². The average Bonchev–Trinajstić information content (AvgIpc) is 3.09. The van der Waals surface area contributed by atoms with Crippen LogP contribution in [0.5, 0.6) is 17.2 Å². The molecule has 4 rings (SSSR count). The third-order valence-electron chi connectivity index (χ3n) is 5.38. The van der Waals surface area contributed by atoms with Crippen molar-refractivity contribution in [2.24, 2.45) is 0 Å². The molecule has 1 N–H and O–H groups in total. The van der Waals surface area contributed by atoms with Crippen LogP contribution >= 0.6 is 0 Å². The molecule has 8 heteroatoms. The minimum Gasteiger partial charge on any atom is -0.497 e. The van der Waals surface area contributed by atoms with Crippen molar-refractivity contribution >= 4 is 23.1 Å². The van der Waals surface area contributed by atoms with Gasteiger partial charge in [-0.2, -0.15) is 0 Å². The fourth-order valence-corrected chi connectivity index (χ4v) is 3.70. The van der Waals surface area contributed by atoms with Crippen molar-refractivity contribution in [2.45, 2.75) is 13.5 Å². The minimum atomic E-state index is -0.427. The molecule has 0 fully saturated rings.